The Morgan fingerprint density at radius 3 is 2.46 bits per heavy atom. The van der Waals surface area contributed by atoms with Gasteiger partial charge in [-0.1, -0.05) is 42.0 Å². The molecule has 1 aliphatic heterocycles. The number of amides is 2. The molecular weight excluding hydrogens is 484 g/mol. The molecule has 0 saturated carbocycles. The van der Waals surface area contributed by atoms with Gasteiger partial charge in [0.2, 0.25) is 0 Å². The van der Waals surface area contributed by atoms with Crippen molar-refractivity contribution in [2.24, 2.45) is 0 Å². The summed E-state index contributed by atoms with van der Waals surface area (Å²) in [5.74, 6) is -1.38. The van der Waals surface area contributed by atoms with E-state index in [2.05, 4.69) is 9.97 Å². The molecule has 3 aromatic rings. The van der Waals surface area contributed by atoms with Crippen molar-refractivity contribution in [3.63, 3.8) is 0 Å². The van der Waals surface area contributed by atoms with E-state index in [1.165, 1.54) is 11.1 Å². The number of hydrogen-bond donors (Lipinski definition) is 1. The maximum absolute atomic E-state index is 13.1. The fourth-order valence-electron chi connectivity index (χ4n) is 4.38. The lowest BCUT2D eigenvalue weighted by molar-refractivity contribution is -0.134. The van der Waals surface area contributed by atoms with E-state index < -0.39 is 11.7 Å². The molecule has 3 heterocycles. The van der Waals surface area contributed by atoms with Crippen LogP contribution in [0.2, 0.25) is 5.02 Å². The number of Topliss-reactive ketones (excluding diaryl/α,β-unsaturated/α-hetero) is 1. The third-order valence-corrected chi connectivity index (χ3v) is 6.95. The molecule has 0 radical (unpaired) electrons. The highest BCUT2D eigenvalue weighted by Crippen LogP contribution is 2.28. The summed E-state index contributed by atoms with van der Waals surface area (Å²) in [5.41, 5.74) is 3.25. The van der Waals surface area contributed by atoms with Crippen molar-refractivity contribution in [3.8, 4) is 0 Å². The number of nitrogens with one attached hydrogen (secondary N) is 1. The van der Waals surface area contributed by atoms with Gasteiger partial charge >= 0.3 is 0 Å². The van der Waals surface area contributed by atoms with Gasteiger partial charge in [0.15, 0.2) is 0 Å². The average molecular weight is 505 g/mol. The highest BCUT2D eigenvalue weighted by molar-refractivity contribution is 7.81. The van der Waals surface area contributed by atoms with Crippen molar-refractivity contribution >= 4 is 62.8 Å². The number of hydrogen-bond acceptors (Lipinski definition) is 5. The summed E-state index contributed by atoms with van der Waals surface area (Å²) in [4.78, 5) is 50.0. The van der Waals surface area contributed by atoms with E-state index in [0.717, 1.165) is 11.3 Å². The number of aromatic nitrogens is 2. The Labute approximate surface area is 212 Å². The van der Waals surface area contributed by atoms with Gasteiger partial charge in [0.05, 0.1) is 21.9 Å². The molecule has 176 valence electrons. The van der Waals surface area contributed by atoms with Crippen molar-refractivity contribution in [3.05, 3.63) is 82.8 Å². The summed E-state index contributed by atoms with van der Waals surface area (Å²) < 4.78 is 0. The molecule has 1 fully saturated rings. The SMILES string of the molecule is O=C(C(=O)N1CCN(C(=O)C2=CC=C(c3ccccn3)CC2=S)CC1)c1c[nH]c2cccc(Cl)c12. The second kappa shape index (κ2) is 9.56. The monoisotopic (exact) mass is 504 g/mol. The number of carbonyl (C=O) groups is 3. The summed E-state index contributed by atoms with van der Waals surface area (Å²) in [6, 6.07) is 10.9. The van der Waals surface area contributed by atoms with Crippen LogP contribution in [0.4, 0.5) is 0 Å². The maximum atomic E-state index is 13.1. The number of benzene rings is 1. The van der Waals surface area contributed by atoms with E-state index >= 15 is 0 Å². The molecule has 9 heteroatoms. The van der Waals surface area contributed by atoms with Crippen LogP contribution in [0.15, 0.2) is 66.5 Å². The normalized spacial score (nSPS) is 16.2. The summed E-state index contributed by atoms with van der Waals surface area (Å²) in [6.45, 7) is 1.18. The molecular formula is C26H21ClN4O3S. The van der Waals surface area contributed by atoms with Crippen LogP contribution in [-0.2, 0) is 9.59 Å². The maximum Gasteiger partial charge on any atom is 0.295 e. The van der Waals surface area contributed by atoms with Gasteiger partial charge in [-0.05, 0) is 35.9 Å². The minimum atomic E-state index is -0.618. The summed E-state index contributed by atoms with van der Waals surface area (Å²) >= 11 is 11.8. The second-order valence-electron chi connectivity index (χ2n) is 8.37. The lowest BCUT2D eigenvalue weighted by Gasteiger charge is -2.35. The van der Waals surface area contributed by atoms with Crippen LogP contribution in [0.25, 0.3) is 16.5 Å². The largest absolute Gasteiger partial charge is 0.360 e. The van der Waals surface area contributed by atoms with Crippen LogP contribution in [0.1, 0.15) is 22.5 Å². The molecule has 35 heavy (non-hydrogen) atoms. The molecule has 1 aromatic carbocycles. The van der Waals surface area contributed by atoms with Crippen LogP contribution in [0.3, 0.4) is 0 Å². The van der Waals surface area contributed by atoms with Gasteiger partial charge in [-0.2, -0.15) is 0 Å². The van der Waals surface area contributed by atoms with Crippen LogP contribution in [0.5, 0.6) is 0 Å². The number of halogens is 1. The number of ketones is 1. The number of allylic oxidation sites excluding steroid dienone is 3. The predicted molar refractivity (Wildman–Crippen MR) is 138 cm³/mol. The number of fused-ring (bicyclic) bond motifs is 1. The molecule has 1 saturated heterocycles. The number of piperazine rings is 1. The predicted octanol–water partition coefficient (Wildman–Crippen LogP) is 3.85. The number of nitrogens with zero attached hydrogens (tertiary/aromatic N) is 3. The van der Waals surface area contributed by atoms with Crippen LogP contribution in [-0.4, -0.2) is 68.4 Å². The number of H-pyrrole nitrogens is 1. The number of carbonyl (C=O) groups excluding carboxylic acids is 3. The van der Waals surface area contributed by atoms with Gasteiger partial charge in [0.25, 0.3) is 17.6 Å². The van der Waals surface area contributed by atoms with Gasteiger partial charge in [-0.3, -0.25) is 19.4 Å². The van der Waals surface area contributed by atoms with Gasteiger partial charge in [-0.15, -0.1) is 0 Å². The van der Waals surface area contributed by atoms with Crippen molar-refractivity contribution in [2.75, 3.05) is 26.2 Å². The first-order chi connectivity index (χ1) is 16.9. The van der Waals surface area contributed by atoms with Crippen molar-refractivity contribution in [2.45, 2.75) is 6.42 Å². The topological polar surface area (TPSA) is 86.4 Å². The first-order valence-electron chi connectivity index (χ1n) is 11.2. The first kappa shape index (κ1) is 23.1. The highest BCUT2D eigenvalue weighted by Gasteiger charge is 2.32. The smallest absolute Gasteiger partial charge is 0.295 e. The number of pyridine rings is 1. The van der Waals surface area contributed by atoms with E-state index in [-0.39, 0.29) is 24.6 Å². The highest BCUT2D eigenvalue weighted by atomic mass is 35.5. The minimum Gasteiger partial charge on any atom is -0.360 e. The lowest BCUT2D eigenvalue weighted by Crippen LogP contribution is -2.52. The third-order valence-electron chi connectivity index (χ3n) is 6.27. The molecule has 0 atom stereocenters. The minimum absolute atomic E-state index is 0.159. The zero-order valence-corrected chi connectivity index (χ0v) is 20.2. The molecule has 0 unspecified atom stereocenters. The third kappa shape index (κ3) is 4.42. The van der Waals surface area contributed by atoms with Crippen molar-refractivity contribution in [1.29, 1.82) is 0 Å². The molecule has 1 N–H and O–H groups in total. The molecule has 7 nitrogen and oxygen atoms in total. The molecule has 2 aromatic heterocycles. The Balaban J connectivity index is 1.24. The Hall–Kier alpha value is -3.62. The van der Waals surface area contributed by atoms with Crippen LogP contribution >= 0.6 is 23.8 Å². The van der Waals surface area contributed by atoms with Gasteiger partial charge in [0, 0.05) is 60.8 Å². The summed E-state index contributed by atoms with van der Waals surface area (Å²) in [7, 11) is 0. The Morgan fingerprint density at radius 1 is 0.971 bits per heavy atom. The van der Waals surface area contributed by atoms with E-state index in [9.17, 15) is 14.4 Å². The van der Waals surface area contributed by atoms with E-state index in [1.807, 2.05) is 24.3 Å². The molecule has 0 bridgehead atoms. The summed E-state index contributed by atoms with van der Waals surface area (Å²) in [5, 5.41) is 0.949. The number of aromatic amines is 1. The molecule has 1 aliphatic carbocycles. The van der Waals surface area contributed by atoms with E-state index in [1.54, 1.807) is 35.4 Å². The van der Waals surface area contributed by atoms with Gasteiger partial charge < -0.3 is 14.8 Å². The Morgan fingerprint density at radius 2 is 1.74 bits per heavy atom. The molecule has 5 rings (SSSR count). The van der Waals surface area contributed by atoms with Crippen molar-refractivity contribution < 1.29 is 14.4 Å². The standard InChI is InChI=1S/C26H21ClN4O3S/c27-19-4-3-6-21-23(19)18(15-29-21)24(32)26(34)31-12-10-30(11-13-31)25(33)17-8-7-16(14-22(17)35)20-5-1-2-9-28-20/h1-9,15,29H,10-14H2. The number of rotatable bonds is 4. The molecule has 0 spiro atoms. The van der Waals surface area contributed by atoms with Gasteiger partial charge in [-0.25, -0.2) is 0 Å². The Bertz CT molecular complexity index is 1420. The zero-order chi connectivity index (χ0) is 24.5. The van der Waals surface area contributed by atoms with E-state index in [4.69, 9.17) is 23.8 Å². The zero-order valence-electron chi connectivity index (χ0n) is 18.7. The fraction of sp³-hybridized carbons (Fsp3) is 0.192. The Kier molecular flexibility index (Phi) is 6.32. The first-order valence-corrected chi connectivity index (χ1v) is 12.0. The van der Waals surface area contributed by atoms with Crippen LogP contribution < -0.4 is 0 Å². The van der Waals surface area contributed by atoms with Crippen molar-refractivity contribution in [1.82, 2.24) is 19.8 Å². The van der Waals surface area contributed by atoms with Gasteiger partial charge in [0.1, 0.15) is 0 Å². The summed E-state index contributed by atoms with van der Waals surface area (Å²) in [6.07, 6.45) is 7.35. The number of thiocarbonyl (C=S) groups is 1. The van der Waals surface area contributed by atoms with Crippen LogP contribution in [0, 0.1) is 0 Å². The molecule has 2 aliphatic rings. The lowest BCUT2D eigenvalue weighted by atomic mass is 9.94. The average Bonchev–Trinajstić information content (AvgIpc) is 3.33. The second-order valence-corrected chi connectivity index (χ2v) is 9.27. The van der Waals surface area contributed by atoms with E-state index in [0.29, 0.717) is 45.9 Å². The molecule has 2 amide bonds. The fourth-order valence-corrected chi connectivity index (χ4v) is 4.97. The quantitative estimate of drug-likeness (QED) is 0.331.